The van der Waals surface area contributed by atoms with Gasteiger partial charge >= 0.3 is 5.97 Å². The van der Waals surface area contributed by atoms with E-state index in [0.717, 1.165) is 16.5 Å². The molecule has 210 valence electrons. The Bertz CT molecular complexity index is 1600. The number of nitrogens with one attached hydrogen (secondary N) is 1. The molecule has 0 saturated carbocycles. The number of carbonyl (C=O) groups excluding carboxylic acids is 2. The summed E-state index contributed by atoms with van der Waals surface area (Å²) >= 11 is 0. The number of ether oxygens (including phenoxy) is 5. The highest BCUT2D eigenvalue weighted by molar-refractivity contribution is 5.91. The maximum absolute atomic E-state index is 13.6. The van der Waals surface area contributed by atoms with Crippen LogP contribution < -0.4 is 26.1 Å². The number of cyclic esters (lactones) is 1. The van der Waals surface area contributed by atoms with E-state index in [0.29, 0.717) is 28.4 Å². The van der Waals surface area contributed by atoms with Crippen LogP contribution in [-0.2, 0) is 49.2 Å². The van der Waals surface area contributed by atoms with Gasteiger partial charge < -0.3 is 44.4 Å². The molecule has 0 aliphatic carbocycles. The fourth-order valence-corrected chi connectivity index (χ4v) is 5.28. The van der Waals surface area contributed by atoms with Gasteiger partial charge in [-0.2, -0.15) is 0 Å². The number of esters is 1. The van der Waals surface area contributed by atoms with E-state index >= 15 is 0 Å². The number of fused-ring (bicyclic) bond motifs is 6. The van der Waals surface area contributed by atoms with Gasteiger partial charge in [0.1, 0.15) is 13.3 Å². The highest BCUT2D eigenvalue weighted by Crippen LogP contribution is 2.43. The predicted molar refractivity (Wildman–Crippen MR) is 138 cm³/mol. The zero-order chi connectivity index (χ0) is 28.0. The topological polar surface area (TPSA) is 173 Å². The summed E-state index contributed by atoms with van der Waals surface area (Å²) in [6, 6.07) is 5.30. The molecule has 0 unspecified atom stereocenters. The monoisotopic (exact) mass is 552 g/mol. The van der Waals surface area contributed by atoms with E-state index in [4.69, 9.17) is 34.4 Å². The molecule has 1 atom stereocenters. The summed E-state index contributed by atoms with van der Waals surface area (Å²) in [5.41, 5.74) is 6.78. The van der Waals surface area contributed by atoms with Crippen LogP contribution in [0.2, 0.25) is 0 Å². The molecule has 0 saturated heterocycles. The molecule has 0 spiro atoms. The second-order valence-corrected chi connectivity index (χ2v) is 9.65. The Kier molecular flexibility index (Phi) is 6.66. The maximum Gasteiger partial charge on any atom is 0.343 e. The Hall–Kier alpha value is -4.04. The number of pyridine rings is 2. The third-order valence-corrected chi connectivity index (χ3v) is 7.48. The molecule has 0 fully saturated rings. The largest absolute Gasteiger partial charge is 0.458 e. The molecule has 5 heterocycles. The summed E-state index contributed by atoms with van der Waals surface area (Å²) < 4.78 is 29.2. The van der Waals surface area contributed by atoms with Gasteiger partial charge in [-0.1, -0.05) is 6.92 Å². The van der Waals surface area contributed by atoms with Crippen molar-refractivity contribution in [3.05, 3.63) is 50.8 Å². The normalized spacial score (nSPS) is 18.3. The fraction of sp³-hybridized carbons (Fsp3) is 0.407. The zero-order valence-electron chi connectivity index (χ0n) is 21.8. The van der Waals surface area contributed by atoms with Crippen molar-refractivity contribution in [2.75, 3.05) is 33.3 Å². The van der Waals surface area contributed by atoms with Gasteiger partial charge in [0.05, 0.1) is 55.4 Å². The summed E-state index contributed by atoms with van der Waals surface area (Å²) in [6.07, 6.45) is 0.0558. The Balaban J connectivity index is 1.37. The number of aliphatic hydroxyl groups is 1. The molecule has 0 bridgehead atoms. The Morgan fingerprint density at radius 3 is 2.70 bits per heavy atom. The number of benzene rings is 1. The molecule has 3 aromatic rings. The van der Waals surface area contributed by atoms with Crippen LogP contribution in [0.1, 0.15) is 35.6 Å². The summed E-state index contributed by atoms with van der Waals surface area (Å²) in [5, 5.41) is 14.5. The Labute approximate surface area is 227 Å². The van der Waals surface area contributed by atoms with Crippen molar-refractivity contribution in [1.82, 2.24) is 14.9 Å². The number of rotatable bonds is 9. The molecule has 3 aliphatic heterocycles. The summed E-state index contributed by atoms with van der Waals surface area (Å²) in [4.78, 5) is 42.2. The van der Waals surface area contributed by atoms with Crippen LogP contribution in [0.15, 0.2) is 23.0 Å². The van der Waals surface area contributed by atoms with Crippen molar-refractivity contribution >= 4 is 22.8 Å². The van der Waals surface area contributed by atoms with Crippen LogP contribution in [0.5, 0.6) is 11.5 Å². The van der Waals surface area contributed by atoms with Crippen LogP contribution in [0, 0.1) is 0 Å². The number of amides is 1. The van der Waals surface area contributed by atoms with E-state index < -0.39 is 11.6 Å². The molecule has 13 heteroatoms. The van der Waals surface area contributed by atoms with E-state index in [1.807, 2.05) is 6.07 Å². The number of aromatic nitrogens is 2. The first-order valence-corrected chi connectivity index (χ1v) is 12.9. The molecule has 1 amide bonds. The average Bonchev–Trinajstić information content (AvgIpc) is 3.57. The molecule has 13 nitrogen and oxygen atoms in total. The van der Waals surface area contributed by atoms with Gasteiger partial charge in [-0.15, -0.1) is 0 Å². The molecule has 1 aromatic carbocycles. The van der Waals surface area contributed by atoms with E-state index in [2.05, 4.69) is 5.32 Å². The predicted octanol–water partition coefficient (Wildman–Crippen LogP) is 0.374. The van der Waals surface area contributed by atoms with E-state index in [9.17, 15) is 19.5 Å². The SMILES string of the molecule is CC[C@@]1(O)C(=O)OCc2c1cc1n(c2=O)Cc2c-1nc1cc3c(cc1c2COCCOCNC(=O)CN)OCO3. The van der Waals surface area contributed by atoms with Gasteiger partial charge in [0.2, 0.25) is 12.7 Å². The molecule has 3 aliphatic rings. The van der Waals surface area contributed by atoms with Gasteiger partial charge in [0.25, 0.3) is 5.56 Å². The molecule has 0 radical (unpaired) electrons. The van der Waals surface area contributed by atoms with Crippen molar-refractivity contribution in [2.24, 2.45) is 5.73 Å². The van der Waals surface area contributed by atoms with Crippen molar-refractivity contribution in [3.63, 3.8) is 0 Å². The minimum absolute atomic E-state index is 0.0235. The van der Waals surface area contributed by atoms with Crippen molar-refractivity contribution in [1.29, 1.82) is 0 Å². The maximum atomic E-state index is 13.6. The molecule has 6 rings (SSSR count). The van der Waals surface area contributed by atoms with Crippen LogP contribution in [0.4, 0.5) is 0 Å². The second-order valence-electron chi connectivity index (χ2n) is 9.65. The van der Waals surface area contributed by atoms with Crippen LogP contribution in [-0.4, -0.2) is 59.8 Å². The lowest BCUT2D eigenvalue weighted by Crippen LogP contribution is -2.44. The van der Waals surface area contributed by atoms with Crippen LogP contribution in [0.25, 0.3) is 22.3 Å². The molecule has 2 aromatic heterocycles. The quantitative estimate of drug-likeness (QED) is 0.149. The summed E-state index contributed by atoms with van der Waals surface area (Å²) in [7, 11) is 0. The van der Waals surface area contributed by atoms with Gasteiger partial charge in [0.15, 0.2) is 17.1 Å². The van der Waals surface area contributed by atoms with Crippen molar-refractivity contribution in [3.8, 4) is 22.9 Å². The third-order valence-electron chi connectivity index (χ3n) is 7.48. The van der Waals surface area contributed by atoms with E-state index in [1.54, 1.807) is 23.6 Å². The highest BCUT2D eigenvalue weighted by Gasteiger charge is 2.45. The zero-order valence-corrected chi connectivity index (χ0v) is 21.8. The Morgan fingerprint density at radius 2 is 1.93 bits per heavy atom. The first-order valence-electron chi connectivity index (χ1n) is 12.9. The average molecular weight is 553 g/mol. The van der Waals surface area contributed by atoms with Gasteiger partial charge in [-0.3, -0.25) is 9.59 Å². The number of hydrogen-bond donors (Lipinski definition) is 3. The minimum atomic E-state index is -1.91. The first kappa shape index (κ1) is 26.2. The fourth-order valence-electron chi connectivity index (χ4n) is 5.28. The molecule has 4 N–H and O–H groups in total. The lowest BCUT2D eigenvalue weighted by atomic mass is 9.86. The lowest BCUT2D eigenvalue weighted by Gasteiger charge is -2.31. The van der Waals surface area contributed by atoms with Crippen molar-refractivity contribution in [2.45, 2.75) is 38.7 Å². The number of hydrogen-bond acceptors (Lipinski definition) is 11. The van der Waals surface area contributed by atoms with E-state index in [1.165, 1.54) is 0 Å². The van der Waals surface area contributed by atoms with Crippen LogP contribution >= 0.6 is 0 Å². The third kappa shape index (κ3) is 4.18. The molecular weight excluding hydrogens is 524 g/mol. The summed E-state index contributed by atoms with van der Waals surface area (Å²) in [6.45, 7) is 2.36. The van der Waals surface area contributed by atoms with Crippen LogP contribution in [0.3, 0.4) is 0 Å². The number of nitrogens with zero attached hydrogens (tertiary/aromatic N) is 2. The molecular formula is C27H28N4O9. The lowest BCUT2D eigenvalue weighted by molar-refractivity contribution is -0.172. The first-order chi connectivity index (χ1) is 19.4. The highest BCUT2D eigenvalue weighted by atomic mass is 16.7. The molecule has 40 heavy (non-hydrogen) atoms. The van der Waals surface area contributed by atoms with E-state index in [-0.39, 0.29) is 82.1 Å². The smallest absolute Gasteiger partial charge is 0.343 e. The summed E-state index contributed by atoms with van der Waals surface area (Å²) in [5.74, 6) is 0.0522. The minimum Gasteiger partial charge on any atom is -0.458 e. The Morgan fingerprint density at radius 1 is 1.15 bits per heavy atom. The van der Waals surface area contributed by atoms with Gasteiger partial charge in [-0.05, 0) is 24.1 Å². The van der Waals surface area contributed by atoms with Gasteiger partial charge in [-0.25, -0.2) is 9.78 Å². The standard InChI is InChI=1S/C27H28N4O9/c1-2-27(35)18-6-20-24-15(9-31(20)25(33)17(18)11-38-26(27)34)16(10-36-3-4-37-12-29-23(32)8-28)14-5-21-22(40-13-39-21)7-19(14)30-24/h5-7,35H,2-4,8-13,28H2,1H3,(H,29,32)/t27-/m0/s1. The van der Waals surface area contributed by atoms with Gasteiger partial charge in [0, 0.05) is 22.6 Å². The number of carbonyl (C=O) groups is 2. The second kappa shape index (κ2) is 10.2. The number of nitrogens with two attached hydrogens (primary N) is 1. The van der Waals surface area contributed by atoms with Crippen molar-refractivity contribution < 1.29 is 38.4 Å².